The van der Waals surface area contributed by atoms with Crippen LogP contribution in [0.1, 0.15) is 59.8 Å². The highest BCUT2D eigenvalue weighted by atomic mass is 15.2. The molecule has 0 amide bonds. The van der Waals surface area contributed by atoms with Crippen molar-refractivity contribution in [1.29, 1.82) is 0 Å². The van der Waals surface area contributed by atoms with Crippen LogP contribution in [-0.4, -0.2) is 29.6 Å². The zero-order valence-electron chi connectivity index (χ0n) is 11.6. The molecule has 0 aliphatic carbocycles. The number of hydrogen-bond donors (Lipinski definition) is 1. The molecule has 0 bridgehead atoms. The second-order valence-corrected chi connectivity index (χ2v) is 5.99. The first-order valence-electron chi connectivity index (χ1n) is 7.00. The molecule has 1 heterocycles. The van der Waals surface area contributed by atoms with Crippen molar-refractivity contribution < 1.29 is 0 Å². The average Bonchev–Trinajstić information content (AvgIpc) is 2.29. The van der Waals surface area contributed by atoms with Crippen molar-refractivity contribution in [2.24, 2.45) is 11.7 Å². The minimum atomic E-state index is 0.162. The monoisotopic (exact) mass is 226 g/mol. The number of likely N-dealkylation sites (tertiary alicyclic amines) is 1. The van der Waals surface area contributed by atoms with E-state index in [-0.39, 0.29) is 5.54 Å². The van der Waals surface area contributed by atoms with Crippen LogP contribution < -0.4 is 5.73 Å². The van der Waals surface area contributed by atoms with Gasteiger partial charge in [-0.25, -0.2) is 0 Å². The third-order valence-corrected chi connectivity index (χ3v) is 4.34. The molecule has 2 nitrogen and oxygen atoms in total. The summed E-state index contributed by atoms with van der Waals surface area (Å²) < 4.78 is 0. The number of piperidine rings is 1. The number of nitrogens with zero attached hydrogens (tertiary/aromatic N) is 1. The van der Waals surface area contributed by atoms with E-state index in [0.29, 0.717) is 12.0 Å². The Morgan fingerprint density at radius 3 is 2.25 bits per heavy atom. The van der Waals surface area contributed by atoms with Gasteiger partial charge in [0.15, 0.2) is 0 Å². The van der Waals surface area contributed by atoms with Crippen molar-refractivity contribution in [3.8, 4) is 0 Å². The summed E-state index contributed by atoms with van der Waals surface area (Å²) in [6.45, 7) is 11.7. The van der Waals surface area contributed by atoms with Crippen LogP contribution in [0.3, 0.4) is 0 Å². The van der Waals surface area contributed by atoms with E-state index < -0.39 is 0 Å². The molecular weight excluding hydrogens is 196 g/mol. The summed E-state index contributed by atoms with van der Waals surface area (Å²) in [4.78, 5) is 2.60. The zero-order chi connectivity index (χ0) is 12.2. The number of nitrogens with two attached hydrogens (primary N) is 1. The molecule has 96 valence electrons. The summed E-state index contributed by atoms with van der Waals surface area (Å²) in [7, 11) is 0. The van der Waals surface area contributed by atoms with Gasteiger partial charge in [-0.2, -0.15) is 0 Å². The summed E-state index contributed by atoms with van der Waals surface area (Å²) in [5, 5.41) is 0. The summed E-state index contributed by atoms with van der Waals surface area (Å²) in [6.07, 6.45) is 6.58. The molecule has 0 radical (unpaired) electrons. The van der Waals surface area contributed by atoms with Crippen LogP contribution in [-0.2, 0) is 0 Å². The fourth-order valence-corrected chi connectivity index (χ4v) is 3.01. The molecule has 2 heteroatoms. The van der Waals surface area contributed by atoms with E-state index in [0.717, 1.165) is 0 Å². The third-order valence-electron chi connectivity index (χ3n) is 4.34. The quantitative estimate of drug-likeness (QED) is 0.781. The Labute approximate surface area is 102 Å². The van der Waals surface area contributed by atoms with E-state index in [1.54, 1.807) is 0 Å². The predicted octanol–water partition coefficient (Wildman–Crippen LogP) is 3.01. The van der Waals surface area contributed by atoms with Gasteiger partial charge in [0.25, 0.3) is 0 Å². The maximum atomic E-state index is 6.47. The van der Waals surface area contributed by atoms with E-state index >= 15 is 0 Å². The van der Waals surface area contributed by atoms with Crippen molar-refractivity contribution in [3.63, 3.8) is 0 Å². The molecule has 1 aliphatic heterocycles. The number of hydrogen-bond acceptors (Lipinski definition) is 2. The summed E-state index contributed by atoms with van der Waals surface area (Å²) in [5.74, 6) is 0.627. The standard InChI is InChI=1S/C14H30N2/c1-5-9-12(2)13(15)14(3,4)16-10-7-6-8-11-16/h12-13H,5-11,15H2,1-4H3. The van der Waals surface area contributed by atoms with Crippen molar-refractivity contribution in [3.05, 3.63) is 0 Å². The Kier molecular flexibility index (Phi) is 5.26. The molecule has 2 atom stereocenters. The molecule has 0 aromatic rings. The first-order valence-corrected chi connectivity index (χ1v) is 7.00. The molecule has 1 fully saturated rings. The lowest BCUT2D eigenvalue weighted by Crippen LogP contribution is -2.59. The van der Waals surface area contributed by atoms with Crippen LogP contribution in [0.5, 0.6) is 0 Å². The minimum absolute atomic E-state index is 0.162. The summed E-state index contributed by atoms with van der Waals surface area (Å²) in [6, 6.07) is 0.297. The maximum Gasteiger partial charge on any atom is 0.0306 e. The Bertz CT molecular complexity index is 195. The van der Waals surface area contributed by atoms with E-state index in [1.807, 2.05) is 0 Å². The Hall–Kier alpha value is -0.0800. The minimum Gasteiger partial charge on any atom is -0.326 e. The Morgan fingerprint density at radius 2 is 1.75 bits per heavy atom. The molecule has 1 rings (SSSR count). The molecule has 1 aliphatic rings. The van der Waals surface area contributed by atoms with Gasteiger partial charge < -0.3 is 5.73 Å². The van der Waals surface area contributed by atoms with Gasteiger partial charge in [0.05, 0.1) is 0 Å². The Balaban J connectivity index is 2.59. The zero-order valence-corrected chi connectivity index (χ0v) is 11.6. The van der Waals surface area contributed by atoms with Gasteiger partial charge in [0.1, 0.15) is 0 Å². The van der Waals surface area contributed by atoms with E-state index in [1.165, 1.54) is 45.2 Å². The molecule has 2 unspecified atom stereocenters. The van der Waals surface area contributed by atoms with Gasteiger partial charge in [0, 0.05) is 11.6 Å². The van der Waals surface area contributed by atoms with Crippen molar-refractivity contribution >= 4 is 0 Å². The largest absolute Gasteiger partial charge is 0.326 e. The normalized spacial score (nSPS) is 23.1. The van der Waals surface area contributed by atoms with E-state index in [9.17, 15) is 0 Å². The second-order valence-electron chi connectivity index (χ2n) is 5.99. The summed E-state index contributed by atoms with van der Waals surface area (Å²) >= 11 is 0. The van der Waals surface area contributed by atoms with Crippen molar-refractivity contribution in [2.45, 2.75) is 71.4 Å². The smallest absolute Gasteiger partial charge is 0.0306 e. The molecule has 16 heavy (non-hydrogen) atoms. The molecule has 0 saturated carbocycles. The van der Waals surface area contributed by atoms with Crippen LogP contribution in [0.2, 0.25) is 0 Å². The predicted molar refractivity (Wildman–Crippen MR) is 71.6 cm³/mol. The lowest BCUT2D eigenvalue weighted by Gasteiger charge is -2.46. The van der Waals surface area contributed by atoms with Crippen LogP contribution in [0, 0.1) is 5.92 Å². The first kappa shape index (κ1) is 14.0. The molecule has 0 aromatic carbocycles. The molecule has 0 spiro atoms. The average molecular weight is 226 g/mol. The lowest BCUT2D eigenvalue weighted by atomic mass is 9.81. The highest BCUT2D eigenvalue weighted by Crippen LogP contribution is 2.27. The SMILES string of the molecule is CCCC(C)C(N)C(C)(C)N1CCCCC1. The van der Waals surface area contributed by atoms with Gasteiger partial charge in [-0.1, -0.05) is 26.7 Å². The fourth-order valence-electron chi connectivity index (χ4n) is 3.01. The van der Waals surface area contributed by atoms with Gasteiger partial charge in [-0.3, -0.25) is 4.90 Å². The van der Waals surface area contributed by atoms with Crippen molar-refractivity contribution in [2.75, 3.05) is 13.1 Å². The first-order chi connectivity index (χ1) is 7.50. The highest BCUT2D eigenvalue weighted by Gasteiger charge is 2.36. The Morgan fingerprint density at radius 1 is 1.19 bits per heavy atom. The third kappa shape index (κ3) is 3.21. The summed E-state index contributed by atoms with van der Waals surface area (Å²) in [5.41, 5.74) is 6.63. The van der Waals surface area contributed by atoms with Gasteiger partial charge in [-0.05, 0) is 52.1 Å². The van der Waals surface area contributed by atoms with E-state index in [4.69, 9.17) is 5.73 Å². The van der Waals surface area contributed by atoms with Crippen molar-refractivity contribution in [1.82, 2.24) is 4.90 Å². The topological polar surface area (TPSA) is 29.3 Å². The molecule has 0 aromatic heterocycles. The van der Waals surface area contributed by atoms with Gasteiger partial charge in [0.2, 0.25) is 0 Å². The maximum absolute atomic E-state index is 6.47. The fraction of sp³-hybridized carbons (Fsp3) is 1.00. The second kappa shape index (κ2) is 6.02. The molecule has 1 saturated heterocycles. The van der Waals surface area contributed by atoms with Gasteiger partial charge >= 0.3 is 0 Å². The van der Waals surface area contributed by atoms with Gasteiger partial charge in [-0.15, -0.1) is 0 Å². The van der Waals surface area contributed by atoms with E-state index in [2.05, 4.69) is 32.6 Å². The highest BCUT2D eigenvalue weighted by molar-refractivity contribution is 4.94. The van der Waals surface area contributed by atoms with Crippen LogP contribution in [0.25, 0.3) is 0 Å². The van der Waals surface area contributed by atoms with Crippen LogP contribution in [0.4, 0.5) is 0 Å². The lowest BCUT2D eigenvalue weighted by molar-refractivity contribution is 0.0555. The molecular formula is C14H30N2. The van der Waals surface area contributed by atoms with Crippen LogP contribution >= 0.6 is 0 Å². The molecule has 2 N–H and O–H groups in total. The number of rotatable bonds is 5. The van der Waals surface area contributed by atoms with Crippen LogP contribution in [0.15, 0.2) is 0 Å².